The summed E-state index contributed by atoms with van der Waals surface area (Å²) in [7, 11) is 0. The van der Waals surface area contributed by atoms with E-state index in [1.807, 2.05) is 16.8 Å². The number of hydrogen-bond donors (Lipinski definition) is 1. The predicted octanol–water partition coefficient (Wildman–Crippen LogP) is 3.73. The van der Waals surface area contributed by atoms with Crippen molar-refractivity contribution in [1.29, 1.82) is 0 Å². The molecule has 2 aromatic heterocycles. The fourth-order valence-corrected chi connectivity index (χ4v) is 2.11. The van der Waals surface area contributed by atoms with Crippen LogP contribution in [0, 0.1) is 17.6 Å². The maximum atomic E-state index is 13.3. The van der Waals surface area contributed by atoms with Crippen molar-refractivity contribution in [3.05, 3.63) is 46.0 Å². The molecule has 1 N–H and O–H groups in total. The van der Waals surface area contributed by atoms with Gasteiger partial charge in [-0.2, -0.15) is 20.7 Å². The van der Waals surface area contributed by atoms with Crippen LogP contribution in [0.5, 0.6) is 0 Å². The minimum Gasteiger partial charge on any atom is -0.361 e. The smallest absolute Gasteiger partial charge is 0.251 e. The summed E-state index contributed by atoms with van der Waals surface area (Å²) in [5.74, 6) is -3.81. The summed E-state index contributed by atoms with van der Waals surface area (Å²) in [6.07, 6.45) is 0. The van der Waals surface area contributed by atoms with E-state index in [-0.39, 0.29) is 11.9 Å². The van der Waals surface area contributed by atoms with Gasteiger partial charge in [-0.25, -0.2) is 8.78 Å². The molecule has 2 heterocycles. The van der Waals surface area contributed by atoms with Crippen molar-refractivity contribution in [3.63, 3.8) is 0 Å². The Labute approximate surface area is 100 Å². The average molecular weight is 258 g/mol. The van der Waals surface area contributed by atoms with Crippen LogP contribution in [-0.2, 0) is 0 Å². The Morgan fingerprint density at radius 3 is 2.71 bits per heavy atom. The highest BCUT2D eigenvalue weighted by atomic mass is 32.1. The van der Waals surface area contributed by atoms with E-state index < -0.39 is 17.6 Å². The van der Waals surface area contributed by atoms with Gasteiger partial charge in [0.1, 0.15) is 0 Å². The largest absolute Gasteiger partial charge is 0.361 e. The quantitative estimate of drug-likeness (QED) is 0.848. The number of aromatic nitrogens is 1. The molecule has 0 saturated heterocycles. The van der Waals surface area contributed by atoms with Crippen molar-refractivity contribution < 1.29 is 13.2 Å². The van der Waals surface area contributed by atoms with Crippen LogP contribution in [0.3, 0.4) is 0 Å². The summed E-state index contributed by atoms with van der Waals surface area (Å²) in [5, 5.41) is 6.46. The van der Waals surface area contributed by atoms with Gasteiger partial charge in [0.15, 0.2) is 17.5 Å². The molecule has 0 saturated carbocycles. The molecule has 90 valence electrons. The van der Waals surface area contributed by atoms with Gasteiger partial charge in [-0.3, -0.25) is 0 Å². The fourth-order valence-electron chi connectivity index (χ4n) is 1.36. The van der Waals surface area contributed by atoms with E-state index >= 15 is 0 Å². The molecule has 17 heavy (non-hydrogen) atoms. The van der Waals surface area contributed by atoms with E-state index in [4.69, 9.17) is 0 Å². The van der Waals surface area contributed by atoms with Crippen LogP contribution in [0.25, 0.3) is 0 Å². The zero-order valence-electron chi connectivity index (χ0n) is 8.88. The lowest BCUT2D eigenvalue weighted by molar-refractivity contribution is 0.465. The Balaban J connectivity index is 2.22. The Bertz CT molecular complexity index is 514. The van der Waals surface area contributed by atoms with Gasteiger partial charge in [0.05, 0.1) is 6.04 Å². The number of rotatable bonds is 3. The van der Waals surface area contributed by atoms with Gasteiger partial charge in [-0.05, 0) is 29.3 Å². The number of halogens is 3. The van der Waals surface area contributed by atoms with Crippen LogP contribution in [0.15, 0.2) is 22.9 Å². The Hall–Kier alpha value is -1.56. The van der Waals surface area contributed by atoms with E-state index in [2.05, 4.69) is 10.3 Å². The first kappa shape index (κ1) is 11.9. The highest BCUT2D eigenvalue weighted by Crippen LogP contribution is 2.22. The van der Waals surface area contributed by atoms with Gasteiger partial charge >= 0.3 is 0 Å². The predicted molar refractivity (Wildman–Crippen MR) is 60.5 cm³/mol. The zero-order chi connectivity index (χ0) is 12.4. The maximum Gasteiger partial charge on any atom is 0.251 e. The SMILES string of the molecule is CC(Nc1nc(F)c(F)cc1F)c1ccsc1. The average Bonchev–Trinajstić information content (AvgIpc) is 2.79. The van der Waals surface area contributed by atoms with Crippen molar-refractivity contribution in [3.8, 4) is 0 Å². The van der Waals surface area contributed by atoms with E-state index in [0.717, 1.165) is 5.56 Å². The Morgan fingerprint density at radius 2 is 2.06 bits per heavy atom. The number of thiophene rings is 1. The van der Waals surface area contributed by atoms with Gasteiger partial charge in [0.2, 0.25) is 0 Å². The summed E-state index contributed by atoms with van der Waals surface area (Å²) in [4.78, 5) is 3.20. The van der Waals surface area contributed by atoms with E-state index in [1.54, 1.807) is 6.92 Å². The third kappa shape index (κ3) is 2.58. The van der Waals surface area contributed by atoms with Crippen LogP contribution in [0.4, 0.5) is 19.0 Å². The first-order chi connectivity index (χ1) is 8.08. The summed E-state index contributed by atoms with van der Waals surface area (Å²) < 4.78 is 38.8. The highest BCUT2D eigenvalue weighted by Gasteiger charge is 2.14. The summed E-state index contributed by atoms with van der Waals surface area (Å²) in [6, 6.07) is 2.11. The van der Waals surface area contributed by atoms with E-state index in [0.29, 0.717) is 6.07 Å². The summed E-state index contributed by atoms with van der Waals surface area (Å²) in [5.41, 5.74) is 0.931. The molecule has 0 amide bonds. The minimum atomic E-state index is -1.31. The normalized spacial score (nSPS) is 12.5. The van der Waals surface area contributed by atoms with Gasteiger partial charge in [-0.1, -0.05) is 0 Å². The fraction of sp³-hybridized carbons (Fsp3) is 0.182. The summed E-state index contributed by atoms with van der Waals surface area (Å²) >= 11 is 1.50. The molecule has 6 heteroatoms. The first-order valence-corrected chi connectivity index (χ1v) is 5.82. The molecule has 0 radical (unpaired) electrons. The number of nitrogens with one attached hydrogen (secondary N) is 1. The molecule has 0 aliphatic heterocycles. The van der Waals surface area contributed by atoms with Crippen molar-refractivity contribution in [2.75, 3.05) is 5.32 Å². The highest BCUT2D eigenvalue weighted by molar-refractivity contribution is 7.07. The first-order valence-electron chi connectivity index (χ1n) is 4.88. The van der Waals surface area contributed by atoms with Crippen LogP contribution in [-0.4, -0.2) is 4.98 Å². The molecule has 0 spiro atoms. The third-order valence-corrected chi connectivity index (χ3v) is 2.98. The van der Waals surface area contributed by atoms with Crippen LogP contribution in [0.2, 0.25) is 0 Å². The second-order valence-corrected chi connectivity index (χ2v) is 4.29. The molecule has 1 atom stereocenters. The van der Waals surface area contributed by atoms with E-state index in [9.17, 15) is 13.2 Å². The van der Waals surface area contributed by atoms with Gasteiger partial charge in [0, 0.05) is 6.07 Å². The monoisotopic (exact) mass is 258 g/mol. The van der Waals surface area contributed by atoms with Gasteiger partial charge < -0.3 is 5.32 Å². The molecular weight excluding hydrogens is 249 g/mol. The molecule has 0 aromatic carbocycles. The Kier molecular flexibility index (Phi) is 3.33. The Morgan fingerprint density at radius 1 is 1.29 bits per heavy atom. The lowest BCUT2D eigenvalue weighted by Crippen LogP contribution is -2.10. The molecule has 0 aliphatic rings. The lowest BCUT2D eigenvalue weighted by atomic mass is 10.2. The second-order valence-electron chi connectivity index (χ2n) is 3.51. The van der Waals surface area contributed by atoms with Crippen LogP contribution < -0.4 is 5.32 Å². The lowest BCUT2D eigenvalue weighted by Gasteiger charge is -2.13. The minimum absolute atomic E-state index is 0.229. The van der Waals surface area contributed by atoms with Crippen molar-refractivity contribution >= 4 is 17.2 Å². The van der Waals surface area contributed by atoms with Crippen molar-refractivity contribution in [2.45, 2.75) is 13.0 Å². The van der Waals surface area contributed by atoms with Gasteiger partial charge in [-0.15, -0.1) is 0 Å². The molecule has 2 rings (SSSR count). The van der Waals surface area contributed by atoms with E-state index in [1.165, 1.54) is 11.3 Å². The topological polar surface area (TPSA) is 24.9 Å². The molecule has 0 bridgehead atoms. The van der Waals surface area contributed by atoms with Crippen molar-refractivity contribution in [2.24, 2.45) is 0 Å². The second kappa shape index (κ2) is 4.75. The van der Waals surface area contributed by atoms with Crippen molar-refractivity contribution in [1.82, 2.24) is 4.98 Å². The molecular formula is C11H9F3N2S. The van der Waals surface area contributed by atoms with Crippen LogP contribution >= 0.6 is 11.3 Å². The summed E-state index contributed by atoms with van der Waals surface area (Å²) in [6.45, 7) is 1.78. The third-order valence-electron chi connectivity index (χ3n) is 2.28. The standard InChI is InChI=1S/C11H9F3N2S/c1-6(7-2-3-17-5-7)15-11-9(13)4-8(12)10(14)16-11/h2-6H,1H3,(H,15,16). The number of hydrogen-bond acceptors (Lipinski definition) is 3. The zero-order valence-corrected chi connectivity index (χ0v) is 9.69. The number of pyridine rings is 1. The molecule has 2 aromatic rings. The molecule has 1 unspecified atom stereocenters. The maximum absolute atomic E-state index is 13.3. The van der Waals surface area contributed by atoms with Crippen LogP contribution in [0.1, 0.15) is 18.5 Å². The van der Waals surface area contributed by atoms with Gasteiger partial charge in [0.25, 0.3) is 5.95 Å². The molecule has 2 nitrogen and oxygen atoms in total. The number of nitrogens with zero attached hydrogens (tertiary/aromatic N) is 1. The number of anilines is 1. The molecule has 0 fully saturated rings. The molecule has 0 aliphatic carbocycles.